The van der Waals surface area contributed by atoms with Crippen molar-refractivity contribution in [1.29, 1.82) is 0 Å². The summed E-state index contributed by atoms with van der Waals surface area (Å²) in [7, 11) is 3.64. The molecule has 18 heavy (non-hydrogen) atoms. The van der Waals surface area contributed by atoms with Crippen molar-refractivity contribution in [3.63, 3.8) is 0 Å². The number of hydrogen-bond donors (Lipinski definition) is 0. The van der Waals surface area contributed by atoms with Gasteiger partial charge in [-0.1, -0.05) is 0 Å². The van der Waals surface area contributed by atoms with Crippen molar-refractivity contribution in [2.75, 3.05) is 14.2 Å². The summed E-state index contributed by atoms with van der Waals surface area (Å²) in [5, 5.41) is 2.93. The Kier molecular flexibility index (Phi) is 3.11. The van der Waals surface area contributed by atoms with Gasteiger partial charge in [0, 0.05) is 23.4 Å². The Labute approximate surface area is 111 Å². The molecule has 0 radical (unpaired) electrons. The van der Waals surface area contributed by atoms with Crippen LogP contribution in [0.3, 0.4) is 0 Å². The van der Waals surface area contributed by atoms with Crippen molar-refractivity contribution in [3.8, 4) is 0 Å². The number of fused-ring (bicyclic) bond motifs is 2. The smallest absolute Gasteiger partial charge is 0.357 e. The van der Waals surface area contributed by atoms with Gasteiger partial charge in [-0.05, 0) is 32.7 Å². The number of esters is 1. The molecule has 0 aromatic carbocycles. The maximum absolute atomic E-state index is 11.4. The molecular formula is C13H18N2O2S. The normalized spacial score (nSPS) is 31.6. The Morgan fingerprint density at radius 2 is 2.11 bits per heavy atom. The second-order valence-corrected chi connectivity index (χ2v) is 6.17. The number of aromatic nitrogens is 1. The number of thiazole rings is 1. The van der Waals surface area contributed by atoms with Crippen LogP contribution in [0.15, 0.2) is 5.38 Å². The zero-order chi connectivity index (χ0) is 12.7. The van der Waals surface area contributed by atoms with E-state index in [1.807, 2.05) is 5.38 Å². The molecule has 0 spiro atoms. The molecule has 2 aliphatic heterocycles. The van der Waals surface area contributed by atoms with Crippen LogP contribution >= 0.6 is 11.3 Å². The van der Waals surface area contributed by atoms with Crippen LogP contribution < -0.4 is 0 Å². The van der Waals surface area contributed by atoms with Crippen LogP contribution in [0.2, 0.25) is 0 Å². The molecule has 5 heteroatoms. The molecule has 0 saturated carbocycles. The fourth-order valence-corrected chi connectivity index (χ4v) is 4.20. The summed E-state index contributed by atoms with van der Waals surface area (Å²) in [6.45, 7) is 0. The van der Waals surface area contributed by atoms with Gasteiger partial charge in [-0.2, -0.15) is 0 Å². The SMILES string of the molecule is COC(=O)c1csc(C2CC3CCC(C2)N3C)n1. The number of hydrogen-bond acceptors (Lipinski definition) is 5. The molecule has 0 amide bonds. The molecule has 3 rings (SSSR count). The predicted octanol–water partition coefficient (Wildman–Crippen LogP) is 2.27. The minimum absolute atomic E-state index is 0.326. The molecule has 0 N–H and O–H groups in total. The third kappa shape index (κ3) is 1.95. The van der Waals surface area contributed by atoms with Gasteiger partial charge in [0.05, 0.1) is 12.1 Å². The van der Waals surface area contributed by atoms with Crippen LogP contribution in [0.4, 0.5) is 0 Å². The molecule has 2 aliphatic rings. The first kappa shape index (κ1) is 12.1. The molecule has 2 saturated heterocycles. The van der Waals surface area contributed by atoms with Crippen LogP contribution in [0, 0.1) is 0 Å². The minimum atomic E-state index is -0.326. The predicted molar refractivity (Wildman–Crippen MR) is 70.0 cm³/mol. The number of carbonyl (C=O) groups excluding carboxylic acids is 1. The van der Waals surface area contributed by atoms with Crippen LogP contribution in [0.5, 0.6) is 0 Å². The van der Waals surface area contributed by atoms with E-state index in [9.17, 15) is 4.79 Å². The molecule has 2 bridgehead atoms. The highest BCUT2D eigenvalue weighted by molar-refractivity contribution is 7.09. The van der Waals surface area contributed by atoms with Crippen LogP contribution in [0.1, 0.15) is 47.1 Å². The highest BCUT2D eigenvalue weighted by atomic mass is 32.1. The monoisotopic (exact) mass is 266 g/mol. The lowest BCUT2D eigenvalue weighted by Gasteiger charge is -2.35. The lowest BCUT2D eigenvalue weighted by atomic mass is 9.92. The van der Waals surface area contributed by atoms with E-state index in [1.54, 1.807) is 11.3 Å². The number of carbonyl (C=O) groups is 1. The van der Waals surface area contributed by atoms with E-state index in [4.69, 9.17) is 4.74 Å². The second kappa shape index (κ2) is 4.63. The summed E-state index contributed by atoms with van der Waals surface area (Å²) >= 11 is 1.60. The Morgan fingerprint density at radius 1 is 1.44 bits per heavy atom. The maximum atomic E-state index is 11.4. The lowest BCUT2D eigenvalue weighted by Crippen LogP contribution is -2.39. The van der Waals surface area contributed by atoms with Gasteiger partial charge in [-0.15, -0.1) is 11.3 Å². The first-order valence-corrected chi connectivity index (χ1v) is 7.32. The standard InChI is InChI=1S/C13H18N2O2S/c1-15-9-3-4-10(15)6-8(5-9)12-14-11(7-18-12)13(16)17-2/h7-10H,3-6H2,1-2H3. The molecule has 4 nitrogen and oxygen atoms in total. The molecule has 2 atom stereocenters. The quantitative estimate of drug-likeness (QED) is 0.770. The van der Waals surface area contributed by atoms with Crippen molar-refractivity contribution in [2.24, 2.45) is 0 Å². The van der Waals surface area contributed by atoms with Gasteiger partial charge in [-0.25, -0.2) is 9.78 Å². The maximum Gasteiger partial charge on any atom is 0.357 e. The fraction of sp³-hybridized carbons (Fsp3) is 0.692. The zero-order valence-electron chi connectivity index (χ0n) is 10.8. The van der Waals surface area contributed by atoms with Crippen LogP contribution in [-0.4, -0.2) is 42.1 Å². The van der Waals surface area contributed by atoms with Gasteiger partial charge >= 0.3 is 5.97 Å². The van der Waals surface area contributed by atoms with Crippen molar-refractivity contribution >= 4 is 17.3 Å². The van der Waals surface area contributed by atoms with Gasteiger partial charge in [0.25, 0.3) is 0 Å². The van der Waals surface area contributed by atoms with Crippen molar-refractivity contribution < 1.29 is 9.53 Å². The number of nitrogens with zero attached hydrogens (tertiary/aromatic N) is 2. The Bertz CT molecular complexity index is 446. The topological polar surface area (TPSA) is 42.4 Å². The number of methoxy groups -OCH3 is 1. The summed E-state index contributed by atoms with van der Waals surface area (Å²) in [6, 6.07) is 1.42. The summed E-state index contributed by atoms with van der Waals surface area (Å²) in [5.74, 6) is 0.204. The van der Waals surface area contributed by atoms with Crippen molar-refractivity contribution in [3.05, 3.63) is 16.1 Å². The molecule has 1 aromatic heterocycles. The molecule has 2 unspecified atom stereocenters. The van der Waals surface area contributed by atoms with Crippen molar-refractivity contribution in [1.82, 2.24) is 9.88 Å². The molecular weight excluding hydrogens is 248 g/mol. The lowest BCUT2D eigenvalue weighted by molar-refractivity contribution is 0.0594. The third-order valence-electron chi connectivity index (χ3n) is 4.36. The van der Waals surface area contributed by atoms with Crippen LogP contribution in [0.25, 0.3) is 0 Å². The molecule has 0 aliphatic carbocycles. The fourth-order valence-electron chi connectivity index (χ4n) is 3.29. The summed E-state index contributed by atoms with van der Waals surface area (Å²) < 4.78 is 4.71. The molecule has 2 fully saturated rings. The van der Waals surface area contributed by atoms with E-state index in [0.717, 1.165) is 5.01 Å². The zero-order valence-corrected chi connectivity index (χ0v) is 11.6. The third-order valence-corrected chi connectivity index (χ3v) is 5.37. The Hall–Kier alpha value is -0.940. The summed E-state index contributed by atoms with van der Waals surface area (Å²) in [4.78, 5) is 18.4. The summed E-state index contributed by atoms with van der Waals surface area (Å²) in [6.07, 6.45) is 4.99. The van der Waals surface area contributed by atoms with E-state index >= 15 is 0 Å². The number of ether oxygens (including phenoxy) is 1. The first-order chi connectivity index (χ1) is 8.69. The number of rotatable bonds is 2. The highest BCUT2D eigenvalue weighted by Gasteiger charge is 2.39. The van der Waals surface area contributed by atoms with Gasteiger partial charge in [0.1, 0.15) is 0 Å². The van der Waals surface area contributed by atoms with E-state index in [0.29, 0.717) is 23.7 Å². The van der Waals surface area contributed by atoms with E-state index in [1.165, 1.54) is 32.8 Å². The van der Waals surface area contributed by atoms with E-state index < -0.39 is 0 Å². The number of piperidine rings is 1. The molecule has 98 valence electrons. The van der Waals surface area contributed by atoms with Gasteiger partial charge in [0.2, 0.25) is 0 Å². The highest BCUT2D eigenvalue weighted by Crippen LogP contribution is 2.42. The van der Waals surface area contributed by atoms with Gasteiger partial charge in [0.15, 0.2) is 5.69 Å². The minimum Gasteiger partial charge on any atom is -0.464 e. The van der Waals surface area contributed by atoms with Crippen LogP contribution in [-0.2, 0) is 4.74 Å². The molecule has 1 aromatic rings. The van der Waals surface area contributed by atoms with E-state index in [-0.39, 0.29) is 5.97 Å². The van der Waals surface area contributed by atoms with Crippen molar-refractivity contribution in [2.45, 2.75) is 43.7 Å². The Morgan fingerprint density at radius 3 is 2.72 bits per heavy atom. The van der Waals surface area contributed by atoms with Gasteiger partial charge in [-0.3, -0.25) is 0 Å². The van der Waals surface area contributed by atoms with Gasteiger partial charge < -0.3 is 9.64 Å². The second-order valence-electron chi connectivity index (χ2n) is 5.28. The average Bonchev–Trinajstić information content (AvgIpc) is 2.92. The Balaban J connectivity index is 1.76. The van der Waals surface area contributed by atoms with E-state index in [2.05, 4.69) is 16.9 Å². The molecule has 3 heterocycles. The summed E-state index contributed by atoms with van der Waals surface area (Å²) in [5.41, 5.74) is 0.462. The first-order valence-electron chi connectivity index (χ1n) is 6.44. The average molecular weight is 266 g/mol. The largest absolute Gasteiger partial charge is 0.464 e.